The van der Waals surface area contributed by atoms with Crippen LogP contribution in [0.2, 0.25) is 0 Å². The van der Waals surface area contributed by atoms with E-state index in [1.165, 1.54) is 12.1 Å². The van der Waals surface area contributed by atoms with Crippen molar-refractivity contribution in [3.63, 3.8) is 0 Å². The molecule has 2 heterocycles. The van der Waals surface area contributed by atoms with Gasteiger partial charge in [0.05, 0.1) is 11.0 Å². The maximum Gasteiger partial charge on any atom is 0.408 e. The van der Waals surface area contributed by atoms with E-state index in [1.54, 1.807) is 25.7 Å². The lowest BCUT2D eigenvalue weighted by Crippen LogP contribution is -2.59. The van der Waals surface area contributed by atoms with E-state index >= 15 is 0 Å². The molecule has 1 amide bonds. The van der Waals surface area contributed by atoms with E-state index in [1.807, 2.05) is 0 Å². The second-order valence-electron chi connectivity index (χ2n) is 8.85. The summed E-state index contributed by atoms with van der Waals surface area (Å²) in [7, 11) is 0. The summed E-state index contributed by atoms with van der Waals surface area (Å²) >= 11 is 0. The van der Waals surface area contributed by atoms with E-state index in [0.717, 1.165) is 11.0 Å². The van der Waals surface area contributed by atoms with Crippen LogP contribution >= 0.6 is 0 Å². The molecule has 0 unspecified atom stereocenters. The summed E-state index contributed by atoms with van der Waals surface area (Å²) in [5, 5.41) is 21.0. The quantitative estimate of drug-likeness (QED) is 0.393. The highest BCUT2D eigenvalue weighted by Gasteiger charge is 2.43. The number of hydrogen-bond donors (Lipinski definition) is 2. The van der Waals surface area contributed by atoms with Crippen LogP contribution in [0.4, 0.5) is 35.3 Å². The minimum absolute atomic E-state index is 0.0247. The molecule has 2 aromatic rings. The van der Waals surface area contributed by atoms with Crippen molar-refractivity contribution in [3.05, 3.63) is 57.4 Å². The van der Waals surface area contributed by atoms with Crippen LogP contribution in [0.1, 0.15) is 38.7 Å². The zero-order chi connectivity index (χ0) is 24.7. The van der Waals surface area contributed by atoms with Gasteiger partial charge in [-0.1, -0.05) is 0 Å². The second kappa shape index (κ2) is 8.75. The Morgan fingerprint density at radius 1 is 1.24 bits per heavy atom. The smallest absolute Gasteiger partial charge is 0.408 e. The van der Waals surface area contributed by atoms with Crippen molar-refractivity contribution in [1.82, 2.24) is 9.88 Å². The van der Waals surface area contributed by atoms with Gasteiger partial charge in [-0.15, -0.1) is 0 Å². The van der Waals surface area contributed by atoms with E-state index in [9.17, 15) is 33.2 Å². The number of pyridine rings is 1. The number of carboxylic acid groups (broad SMARTS) is 1. The van der Waals surface area contributed by atoms with Crippen molar-refractivity contribution in [2.75, 3.05) is 23.7 Å². The van der Waals surface area contributed by atoms with Gasteiger partial charge >= 0.3 is 11.8 Å². The van der Waals surface area contributed by atoms with Crippen LogP contribution < -0.4 is 10.6 Å². The minimum Gasteiger partial charge on any atom is -0.465 e. The number of aromatic nitrogens is 1. The van der Waals surface area contributed by atoms with Gasteiger partial charge in [0.15, 0.2) is 11.6 Å². The van der Waals surface area contributed by atoms with Crippen molar-refractivity contribution < 1.29 is 28.0 Å². The summed E-state index contributed by atoms with van der Waals surface area (Å²) in [6, 6.07) is 2.95. The highest BCUT2D eigenvalue weighted by molar-refractivity contribution is 5.67. The largest absolute Gasteiger partial charge is 0.465 e. The predicted octanol–water partition coefficient (Wildman–Crippen LogP) is 4.13. The van der Waals surface area contributed by atoms with Crippen LogP contribution in [0, 0.1) is 27.6 Å². The maximum absolute atomic E-state index is 14.7. The zero-order valence-electron chi connectivity index (χ0n) is 18.3. The van der Waals surface area contributed by atoms with Gasteiger partial charge in [-0.2, -0.15) is 0 Å². The van der Waals surface area contributed by atoms with Crippen molar-refractivity contribution in [2.45, 2.75) is 44.7 Å². The third kappa shape index (κ3) is 4.78. The van der Waals surface area contributed by atoms with Crippen LogP contribution in [0.5, 0.6) is 0 Å². The normalized spacial score (nSPS) is 18.8. The van der Waals surface area contributed by atoms with Crippen molar-refractivity contribution in [2.24, 2.45) is 0 Å². The van der Waals surface area contributed by atoms with Crippen LogP contribution in [0.25, 0.3) is 0 Å². The Morgan fingerprint density at radius 3 is 2.42 bits per heavy atom. The number of nitrogens with zero attached hydrogens (tertiary/aromatic N) is 4. The molecular weight excluding hydrogens is 443 g/mol. The van der Waals surface area contributed by atoms with Crippen molar-refractivity contribution in [1.29, 1.82) is 0 Å². The Kier molecular flexibility index (Phi) is 6.39. The van der Waals surface area contributed by atoms with E-state index in [-0.39, 0.29) is 42.4 Å². The molecule has 1 fully saturated rings. The summed E-state index contributed by atoms with van der Waals surface area (Å²) in [5.74, 6) is -4.31. The van der Waals surface area contributed by atoms with Gasteiger partial charge in [0.25, 0.3) is 0 Å². The Morgan fingerprint density at radius 2 is 1.88 bits per heavy atom. The number of hydrogen-bond acceptors (Lipinski definition) is 6. The van der Waals surface area contributed by atoms with Gasteiger partial charge in [0.2, 0.25) is 5.82 Å². The topological polar surface area (TPSA) is 126 Å². The second-order valence-corrected chi connectivity index (χ2v) is 8.85. The fourth-order valence-electron chi connectivity index (χ4n) is 4.30. The lowest BCUT2D eigenvalue weighted by molar-refractivity contribution is -0.384. The number of carbonyl (C=O) groups is 1. The Bertz CT molecular complexity index is 1090. The molecule has 1 saturated heterocycles. The lowest BCUT2D eigenvalue weighted by Gasteiger charge is -2.48. The van der Waals surface area contributed by atoms with Crippen LogP contribution in [-0.2, 0) is 0 Å². The van der Waals surface area contributed by atoms with Gasteiger partial charge in [-0.25, -0.2) is 22.9 Å². The molecule has 3 rings (SSSR count). The highest BCUT2D eigenvalue weighted by Crippen LogP contribution is 2.38. The monoisotopic (exact) mass is 467 g/mol. The molecule has 1 aromatic heterocycles. The third-order valence-corrected chi connectivity index (χ3v) is 5.69. The summed E-state index contributed by atoms with van der Waals surface area (Å²) in [6.07, 6.45) is -1.08. The number of nitrogen functional groups attached to an aromatic ring is 1. The van der Waals surface area contributed by atoms with E-state index in [0.29, 0.717) is 6.07 Å². The fraction of sp³-hybridized carbons (Fsp3) is 0.429. The number of anilines is 2. The van der Waals surface area contributed by atoms with Gasteiger partial charge in [-0.05, 0) is 44.9 Å². The molecule has 178 valence electrons. The Balaban J connectivity index is 2.05. The van der Waals surface area contributed by atoms with Gasteiger partial charge in [-0.3, -0.25) is 15.0 Å². The number of rotatable bonds is 4. The number of halogens is 3. The standard InChI is InChI=1S/C21H24F3N5O4/c1-21(2,3)28(20(30)31)17-10-27(18-5-4-16(29(32)33)19(25)26-18)7-6-11(17)12-8-14(23)15(24)9-13(12)22/h4-5,8-9,11,17H,6-7,10H2,1-3H3,(H2,25,26)(H,30,31)/t11-,17+/m1/s1. The number of nitro groups is 1. The molecule has 33 heavy (non-hydrogen) atoms. The molecule has 0 aliphatic carbocycles. The number of amides is 1. The third-order valence-electron chi connectivity index (χ3n) is 5.69. The van der Waals surface area contributed by atoms with Gasteiger partial charge in [0.1, 0.15) is 11.6 Å². The first kappa shape index (κ1) is 24.1. The first-order valence-corrected chi connectivity index (χ1v) is 10.1. The fourth-order valence-corrected chi connectivity index (χ4v) is 4.30. The van der Waals surface area contributed by atoms with Gasteiger partial charge < -0.3 is 15.7 Å². The molecule has 0 radical (unpaired) electrons. The number of nitrogens with two attached hydrogens (primary N) is 1. The maximum atomic E-state index is 14.7. The van der Waals surface area contributed by atoms with Crippen LogP contribution in [-0.4, -0.2) is 50.7 Å². The molecule has 3 N–H and O–H groups in total. The molecule has 0 bridgehead atoms. The van der Waals surface area contributed by atoms with E-state index in [2.05, 4.69) is 4.98 Å². The molecular formula is C21H24F3N5O4. The Labute approximate surface area is 187 Å². The Hall–Kier alpha value is -3.57. The molecule has 1 aromatic carbocycles. The van der Waals surface area contributed by atoms with Crippen molar-refractivity contribution >= 4 is 23.4 Å². The summed E-state index contributed by atoms with van der Waals surface area (Å²) < 4.78 is 42.1. The first-order chi connectivity index (χ1) is 15.3. The molecule has 12 heteroatoms. The van der Waals surface area contributed by atoms with Crippen LogP contribution in [0.15, 0.2) is 24.3 Å². The zero-order valence-corrected chi connectivity index (χ0v) is 18.3. The molecule has 1 aliphatic rings. The molecule has 0 spiro atoms. The lowest BCUT2D eigenvalue weighted by atomic mass is 9.82. The molecule has 2 atom stereocenters. The minimum atomic E-state index is -1.33. The van der Waals surface area contributed by atoms with Crippen molar-refractivity contribution in [3.8, 4) is 0 Å². The van der Waals surface area contributed by atoms with Crippen LogP contribution in [0.3, 0.4) is 0 Å². The van der Waals surface area contributed by atoms with Gasteiger partial charge in [0, 0.05) is 36.7 Å². The average molecular weight is 467 g/mol. The first-order valence-electron chi connectivity index (χ1n) is 10.1. The van der Waals surface area contributed by atoms with E-state index in [4.69, 9.17) is 5.73 Å². The van der Waals surface area contributed by atoms with E-state index < -0.39 is 46.0 Å². The predicted molar refractivity (Wildman–Crippen MR) is 115 cm³/mol. The molecule has 1 aliphatic heterocycles. The summed E-state index contributed by atoms with van der Waals surface area (Å²) in [6.45, 7) is 5.28. The number of benzene rings is 1. The SMILES string of the molecule is CC(C)(C)N(C(=O)O)[C@H]1CN(c2ccc([N+](=O)[O-])c(N)n2)CC[C@@H]1c1cc(F)c(F)cc1F. The molecule has 9 nitrogen and oxygen atoms in total. The molecule has 0 saturated carbocycles. The summed E-state index contributed by atoms with van der Waals surface area (Å²) in [4.78, 5) is 29.5. The highest BCUT2D eigenvalue weighted by atomic mass is 19.2. The average Bonchev–Trinajstić information content (AvgIpc) is 2.69. The number of piperidine rings is 1. The summed E-state index contributed by atoms with van der Waals surface area (Å²) in [5.41, 5.74) is 4.31.